The second kappa shape index (κ2) is 7.78. The van der Waals surface area contributed by atoms with Crippen LogP contribution in [0.15, 0.2) is 53.0 Å². The van der Waals surface area contributed by atoms with Crippen molar-refractivity contribution in [3.05, 3.63) is 53.0 Å². The van der Waals surface area contributed by atoms with Crippen LogP contribution < -0.4 is 10.1 Å². The monoisotopic (exact) mass is 377 g/mol. The lowest BCUT2D eigenvalue weighted by Crippen LogP contribution is -2.40. The second-order valence-corrected chi connectivity index (χ2v) is 5.78. The summed E-state index contributed by atoms with van der Waals surface area (Å²) in [5.74, 6) is -1.06. The summed E-state index contributed by atoms with van der Waals surface area (Å²) >= 11 is 3.42. The fourth-order valence-corrected chi connectivity index (χ4v) is 2.41. The molecule has 2 N–H and O–H groups in total. The lowest BCUT2D eigenvalue weighted by atomic mass is 10.1. The Morgan fingerprint density at radius 1 is 1.17 bits per heavy atom. The summed E-state index contributed by atoms with van der Waals surface area (Å²) in [4.78, 5) is 22.3. The number of halogens is 1. The highest BCUT2D eigenvalue weighted by atomic mass is 79.9. The summed E-state index contributed by atoms with van der Waals surface area (Å²) in [7, 11) is 0. The third-order valence-electron chi connectivity index (χ3n) is 3.15. The number of hydrogen-bond acceptors (Lipinski definition) is 3. The number of nitrogens with one attached hydrogen (secondary N) is 1. The second-order valence-electron chi connectivity index (χ2n) is 4.93. The molecule has 5 nitrogen and oxygen atoms in total. The van der Waals surface area contributed by atoms with Crippen LogP contribution in [0.1, 0.15) is 6.92 Å². The van der Waals surface area contributed by atoms with Crippen LogP contribution in [0.25, 0.3) is 11.1 Å². The molecule has 0 spiro atoms. The molecule has 0 bridgehead atoms. The number of ether oxygens (including phenoxy) is 1. The van der Waals surface area contributed by atoms with Gasteiger partial charge in [-0.3, -0.25) is 9.59 Å². The summed E-state index contributed by atoms with van der Waals surface area (Å²) in [6, 6.07) is 14.5. The van der Waals surface area contributed by atoms with Crippen molar-refractivity contribution < 1.29 is 19.4 Å². The maximum atomic E-state index is 11.6. The minimum absolute atomic E-state index is 0.249. The molecule has 6 heteroatoms. The van der Waals surface area contributed by atoms with Crippen molar-refractivity contribution in [2.45, 2.75) is 13.0 Å². The summed E-state index contributed by atoms with van der Waals surface area (Å²) in [5, 5.41) is 11.1. The van der Waals surface area contributed by atoms with E-state index in [1.807, 2.05) is 42.5 Å². The van der Waals surface area contributed by atoms with E-state index in [0.29, 0.717) is 5.75 Å². The number of carbonyl (C=O) groups is 2. The fraction of sp³-hybridized carbons (Fsp3) is 0.176. The van der Waals surface area contributed by atoms with Gasteiger partial charge < -0.3 is 15.2 Å². The van der Waals surface area contributed by atoms with E-state index in [0.717, 1.165) is 15.6 Å². The Balaban J connectivity index is 1.99. The SMILES string of the molecule is C[C@H](NC(=O)COc1ccc(-c2ccccc2)cc1Br)C(=O)O. The van der Waals surface area contributed by atoms with Crippen molar-refractivity contribution in [2.24, 2.45) is 0 Å². The van der Waals surface area contributed by atoms with Crippen LogP contribution in [0.5, 0.6) is 5.75 Å². The lowest BCUT2D eigenvalue weighted by molar-refractivity contribution is -0.141. The number of carboxylic acids is 1. The molecule has 0 unspecified atom stereocenters. The Morgan fingerprint density at radius 3 is 2.48 bits per heavy atom. The van der Waals surface area contributed by atoms with E-state index in [2.05, 4.69) is 21.2 Å². The molecular formula is C17H16BrNO4. The normalized spacial score (nSPS) is 11.6. The molecule has 0 fully saturated rings. The van der Waals surface area contributed by atoms with Gasteiger partial charge in [-0.25, -0.2) is 0 Å². The predicted octanol–water partition coefficient (Wildman–Crippen LogP) is 3.08. The standard InChI is InChI=1S/C17H16BrNO4/c1-11(17(21)22)19-16(20)10-23-15-8-7-13(9-14(15)18)12-5-3-2-4-6-12/h2-9,11H,10H2,1H3,(H,19,20)(H,21,22)/t11-/m0/s1. The summed E-state index contributed by atoms with van der Waals surface area (Å²) in [5.41, 5.74) is 2.10. The Kier molecular flexibility index (Phi) is 5.76. The molecule has 120 valence electrons. The largest absolute Gasteiger partial charge is 0.483 e. The molecule has 2 aromatic carbocycles. The first-order valence-electron chi connectivity index (χ1n) is 6.97. The highest BCUT2D eigenvalue weighted by Gasteiger charge is 2.14. The maximum absolute atomic E-state index is 11.6. The molecule has 0 aliphatic heterocycles. The van der Waals surface area contributed by atoms with Gasteiger partial charge in [0, 0.05) is 0 Å². The topological polar surface area (TPSA) is 75.6 Å². The van der Waals surface area contributed by atoms with Crippen LogP contribution in [0.3, 0.4) is 0 Å². The molecule has 0 aliphatic carbocycles. The molecule has 0 heterocycles. The van der Waals surface area contributed by atoms with E-state index in [9.17, 15) is 9.59 Å². The lowest BCUT2D eigenvalue weighted by Gasteiger charge is -2.12. The van der Waals surface area contributed by atoms with Gasteiger partial charge in [-0.2, -0.15) is 0 Å². The van der Waals surface area contributed by atoms with Crippen molar-refractivity contribution in [1.29, 1.82) is 0 Å². The molecule has 1 atom stereocenters. The van der Waals surface area contributed by atoms with E-state index in [4.69, 9.17) is 9.84 Å². The van der Waals surface area contributed by atoms with Gasteiger partial charge in [0.1, 0.15) is 11.8 Å². The first kappa shape index (κ1) is 17.0. The molecule has 0 radical (unpaired) electrons. The van der Waals surface area contributed by atoms with Gasteiger partial charge in [-0.15, -0.1) is 0 Å². The third kappa shape index (κ3) is 4.82. The zero-order valence-electron chi connectivity index (χ0n) is 12.5. The highest BCUT2D eigenvalue weighted by molar-refractivity contribution is 9.10. The van der Waals surface area contributed by atoms with Gasteiger partial charge in [0.25, 0.3) is 5.91 Å². The molecule has 0 aromatic heterocycles. The zero-order chi connectivity index (χ0) is 16.8. The number of carbonyl (C=O) groups excluding carboxylic acids is 1. The Hall–Kier alpha value is -2.34. The van der Waals surface area contributed by atoms with E-state index >= 15 is 0 Å². The third-order valence-corrected chi connectivity index (χ3v) is 3.77. The first-order chi connectivity index (χ1) is 11.0. The molecule has 1 amide bonds. The van der Waals surface area contributed by atoms with Crippen molar-refractivity contribution in [1.82, 2.24) is 5.32 Å². The number of amides is 1. The number of carboxylic acid groups (broad SMARTS) is 1. The molecular weight excluding hydrogens is 362 g/mol. The molecule has 0 saturated carbocycles. The molecule has 2 aromatic rings. The van der Waals surface area contributed by atoms with Gasteiger partial charge in [-0.05, 0) is 46.1 Å². The number of aliphatic carboxylic acids is 1. The molecule has 23 heavy (non-hydrogen) atoms. The summed E-state index contributed by atoms with van der Waals surface area (Å²) in [6.07, 6.45) is 0. The van der Waals surface area contributed by atoms with Crippen LogP contribution in [-0.2, 0) is 9.59 Å². The van der Waals surface area contributed by atoms with E-state index in [-0.39, 0.29) is 6.61 Å². The fourth-order valence-electron chi connectivity index (χ4n) is 1.92. The predicted molar refractivity (Wildman–Crippen MR) is 90.3 cm³/mol. The van der Waals surface area contributed by atoms with Crippen molar-refractivity contribution >= 4 is 27.8 Å². The smallest absolute Gasteiger partial charge is 0.325 e. The molecule has 0 aliphatic rings. The van der Waals surface area contributed by atoms with Crippen LogP contribution in [0, 0.1) is 0 Å². The van der Waals surface area contributed by atoms with Crippen LogP contribution in [-0.4, -0.2) is 29.6 Å². The summed E-state index contributed by atoms with van der Waals surface area (Å²) in [6.45, 7) is 1.14. The Bertz CT molecular complexity index is 703. The van der Waals surface area contributed by atoms with Gasteiger partial charge >= 0.3 is 5.97 Å². The van der Waals surface area contributed by atoms with Gasteiger partial charge in [0.2, 0.25) is 0 Å². The minimum atomic E-state index is -1.09. The average molecular weight is 378 g/mol. The van der Waals surface area contributed by atoms with Crippen molar-refractivity contribution in [3.8, 4) is 16.9 Å². The first-order valence-corrected chi connectivity index (χ1v) is 7.76. The van der Waals surface area contributed by atoms with Gasteiger partial charge in [-0.1, -0.05) is 36.4 Å². The average Bonchev–Trinajstić information content (AvgIpc) is 2.54. The number of rotatable bonds is 6. The van der Waals surface area contributed by atoms with Crippen molar-refractivity contribution in [2.75, 3.05) is 6.61 Å². The molecule has 2 rings (SSSR count). The van der Waals surface area contributed by atoms with E-state index in [1.165, 1.54) is 6.92 Å². The quantitative estimate of drug-likeness (QED) is 0.810. The Labute approximate surface area is 142 Å². The van der Waals surface area contributed by atoms with Gasteiger partial charge in [0.05, 0.1) is 4.47 Å². The zero-order valence-corrected chi connectivity index (χ0v) is 14.0. The minimum Gasteiger partial charge on any atom is -0.483 e. The number of hydrogen-bond donors (Lipinski definition) is 2. The summed E-state index contributed by atoms with van der Waals surface area (Å²) < 4.78 is 6.14. The van der Waals surface area contributed by atoms with Crippen molar-refractivity contribution in [3.63, 3.8) is 0 Å². The van der Waals surface area contributed by atoms with E-state index in [1.54, 1.807) is 6.07 Å². The Morgan fingerprint density at radius 2 is 1.87 bits per heavy atom. The maximum Gasteiger partial charge on any atom is 0.325 e. The van der Waals surface area contributed by atoms with Gasteiger partial charge in [0.15, 0.2) is 6.61 Å². The van der Waals surface area contributed by atoms with Crippen LogP contribution in [0.4, 0.5) is 0 Å². The highest BCUT2D eigenvalue weighted by Crippen LogP contribution is 2.30. The van der Waals surface area contributed by atoms with E-state index < -0.39 is 17.9 Å². The molecule has 0 saturated heterocycles. The number of benzene rings is 2. The van der Waals surface area contributed by atoms with Crippen LogP contribution >= 0.6 is 15.9 Å². The van der Waals surface area contributed by atoms with Crippen LogP contribution in [0.2, 0.25) is 0 Å².